The molecule has 0 aliphatic heterocycles. The molecule has 0 radical (unpaired) electrons. The summed E-state index contributed by atoms with van der Waals surface area (Å²) in [5.74, 6) is 0. The Labute approximate surface area is 214 Å². The first-order chi connectivity index (χ1) is 17.6. The molecule has 0 N–H and O–H groups in total. The zero-order valence-electron chi connectivity index (χ0n) is 21.7. The van der Waals surface area contributed by atoms with Gasteiger partial charge in [0.1, 0.15) is 37.6 Å². The molecular weight excluding hydrogens is 444 g/mol. The summed E-state index contributed by atoms with van der Waals surface area (Å²) in [6, 6.07) is 16.9. The van der Waals surface area contributed by atoms with E-state index >= 15 is 0 Å². The number of pyridine rings is 4. The van der Waals surface area contributed by atoms with Gasteiger partial charge >= 0.3 is 0 Å². The van der Waals surface area contributed by atoms with Gasteiger partial charge in [-0.3, -0.25) is 0 Å². The fourth-order valence-electron chi connectivity index (χ4n) is 3.97. The molecule has 0 bridgehead atoms. The van der Waals surface area contributed by atoms with Crippen molar-refractivity contribution >= 4 is 11.4 Å². The van der Waals surface area contributed by atoms with Gasteiger partial charge in [-0.25, -0.2) is 18.3 Å². The van der Waals surface area contributed by atoms with Gasteiger partial charge in [-0.05, 0) is 27.7 Å². The third-order valence-corrected chi connectivity index (χ3v) is 6.37. The first-order valence-corrected chi connectivity index (χ1v) is 12.8. The summed E-state index contributed by atoms with van der Waals surface area (Å²) in [7, 11) is 0. The molecule has 4 rings (SSSR count). The lowest BCUT2D eigenvalue weighted by atomic mass is 10.0. The van der Waals surface area contributed by atoms with Crippen molar-refractivity contribution in [3.63, 3.8) is 0 Å². The van der Waals surface area contributed by atoms with Gasteiger partial charge in [0.2, 0.25) is 0 Å². The van der Waals surface area contributed by atoms with Crippen molar-refractivity contribution in [2.24, 2.45) is 10.2 Å². The highest BCUT2D eigenvalue weighted by molar-refractivity contribution is 6.15. The van der Waals surface area contributed by atoms with Gasteiger partial charge in [-0.15, -0.1) is 10.2 Å². The smallest absolute Gasteiger partial charge is 0.169 e. The van der Waals surface area contributed by atoms with Gasteiger partial charge in [0, 0.05) is 70.8 Å². The lowest BCUT2D eigenvalue weighted by Gasteiger charge is -2.07. The molecule has 6 nitrogen and oxygen atoms in total. The highest BCUT2D eigenvalue weighted by atomic mass is 15.2. The molecule has 0 aromatic carbocycles. The summed E-state index contributed by atoms with van der Waals surface area (Å²) >= 11 is 0. The molecule has 0 aliphatic rings. The van der Waals surface area contributed by atoms with Crippen molar-refractivity contribution in [3.8, 4) is 0 Å². The Kier molecular flexibility index (Phi) is 8.40. The van der Waals surface area contributed by atoms with Crippen LogP contribution in [0.2, 0.25) is 0 Å². The SMILES string of the molecule is CC[n+]1ccc(C(=NN=C(c2cc[n+](CC)cc2)c2cc[n+](CC)cc2)c2cc[n+](CC)cc2)cc1. The molecule has 6 heteroatoms. The number of aromatic nitrogens is 4. The second kappa shape index (κ2) is 12.1. The molecule has 0 saturated carbocycles. The van der Waals surface area contributed by atoms with Crippen LogP contribution >= 0.6 is 0 Å². The normalized spacial score (nSPS) is 10.7. The number of nitrogens with zero attached hydrogens (tertiary/aromatic N) is 6. The van der Waals surface area contributed by atoms with E-state index < -0.39 is 0 Å². The van der Waals surface area contributed by atoms with E-state index in [0.717, 1.165) is 59.9 Å². The molecule has 0 spiro atoms. The quantitative estimate of drug-likeness (QED) is 0.201. The second-order valence-corrected chi connectivity index (χ2v) is 8.57. The summed E-state index contributed by atoms with van der Waals surface area (Å²) in [5.41, 5.74) is 5.82. The Morgan fingerprint density at radius 1 is 0.417 bits per heavy atom. The first-order valence-electron chi connectivity index (χ1n) is 12.8. The third-order valence-electron chi connectivity index (χ3n) is 6.37. The van der Waals surface area contributed by atoms with Crippen molar-refractivity contribution in [1.29, 1.82) is 0 Å². The molecule has 0 unspecified atom stereocenters. The van der Waals surface area contributed by atoms with E-state index in [2.05, 4.69) is 144 Å². The molecule has 0 amide bonds. The standard InChI is InChI=1S/C30H36N6/c1-5-33-17-9-25(10-18-33)29(26-11-19-34(6-2)20-12-26)31-32-30(27-13-21-35(7-3)22-14-27)28-15-23-36(8-4)24-16-28/h9-24H,5-8H2,1-4H3/q+4. The molecular formula is C30H36N6+4. The minimum Gasteiger partial charge on any atom is -0.205 e. The summed E-state index contributed by atoms with van der Waals surface area (Å²) in [4.78, 5) is 0. The summed E-state index contributed by atoms with van der Waals surface area (Å²) < 4.78 is 8.58. The number of rotatable bonds is 9. The second-order valence-electron chi connectivity index (χ2n) is 8.57. The zero-order chi connectivity index (χ0) is 25.3. The average molecular weight is 481 g/mol. The lowest BCUT2D eigenvalue weighted by molar-refractivity contribution is -0.693. The van der Waals surface area contributed by atoms with Crippen LogP contribution in [0.3, 0.4) is 0 Å². The molecule has 4 aromatic rings. The molecule has 4 aromatic heterocycles. The minimum absolute atomic E-state index is 0.845. The Bertz CT molecular complexity index is 1110. The van der Waals surface area contributed by atoms with E-state index in [1.807, 2.05) is 0 Å². The van der Waals surface area contributed by atoms with Gasteiger partial charge in [-0.1, -0.05) is 0 Å². The monoisotopic (exact) mass is 480 g/mol. The lowest BCUT2D eigenvalue weighted by Crippen LogP contribution is -2.32. The van der Waals surface area contributed by atoms with Crippen LogP contribution < -0.4 is 18.3 Å². The van der Waals surface area contributed by atoms with Crippen LogP contribution in [0.15, 0.2) is 108 Å². The van der Waals surface area contributed by atoms with Gasteiger partial charge in [-0.2, -0.15) is 0 Å². The first kappa shape index (κ1) is 25.0. The molecule has 0 aliphatic carbocycles. The van der Waals surface area contributed by atoms with Crippen molar-refractivity contribution in [3.05, 3.63) is 120 Å². The van der Waals surface area contributed by atoms with E-state index in [4.69, 9.17) is 10.2 Å². The Morgan fingerprint density at radius 3 is 0.778 bits per heavy atom. The van der Waals surface area contributed by atoms with E-state index in [1.54, 1.807) is 0 Å². The van der Waals surface area contributed by atoms with Crippen LogP contribution in [0.5, 0.6) is 0 Å². The Morgan fingerprint density at radius 2 is 0.611 bits per heavy atom. The van der Waals surface area contributed by atoms with Crippen LogP contribution in [0.4, 0.5) is 0 Å². The van der Waals surface area contributed by atoms with E-state index in [1.165, 1.54) is 0 Å². The fraction of sp³-hybridized carbons (Fsp3) is 0.267. The van der Waals surface area contributed by atoms with Crippen LogP contribution in [0.1, 0.15) is 49.9 Å². The van der Waals surface area contributed by atoms with Crippen molar-refractivity contribution < 1.29 is 18.3 Å². The highest BCUT2D eigenvalue weighted by Gasteiger charge is 2.14. The Hall–Kier alpha value is -4.06. The predicted octanol–water partition coefficient (Wildman–Crippen LogP) is 3.21. The van der Waals surface area contributed by atoms with Crippen LogP contribution in [-0.2, 0) is 26.2 Å². The molecule has 0 atom stereocenters. The van der Waals surface area contributed by atoms with Crippen molar-refractivity contribution in [1.82, 2.24) is 0 Å². The van der Waals surface area contributed by atoms with E-state index in [0.29, 0.717) is 0 Å². The molecule has 36 heavy (non-hydrogen) atoms. The molecule has 182 valence electrons. The van der Waals surface area contributed by atoms with Crippen LogP contribution in [0, 0.1) is 0 Å². The van der Waals surface area contributed by atoms with E-state index in [9.17, 15) is 0 Å². The van der Waals surface area contributed by atoms with Gasteiger partial charge < -0.3 is 0 Å². The highest BCUT2D eigenvalue weighted by Crippen LogP contribution is 2.13. The Balaban J connectivity index is 1.85. The predicted molar refractivity (Wildman–Crippen MR) is 141 cm³/mol. The third kappa shape index (κ3) is 5.95. The maximum atomic E-state index is 4.89. The maximum absolute atomic E-state index is 4.89. The summed E-state index contributed by atoms with van der Waals surface area (Å²) in [5, 5.41) is 9.77. The van der Waals surface area contributed by atoms with Crippen LogP contribution in [0.25, 0.3) is 0 Å². The van der Waals surface area contributed by atoms with Crippen molar-refractivity contribution in [2.45, 2.75) is 53.9 Å². The van der Waals surface area contributed by atoms with E-state index in [-0.39, 0.29) is 0 Å². The molecule has 0 fully saturated rings. The average Bonchev–Trinajstić information content (AvgIpc) is 2.96. The van der Waals surface area contributed by atoms with Crippen LogP contribution in [-0.4, -0.2) is 11.4 Å². The largest absolute Gasteiger partial charge is 0.205 e. The number of hydrogen-bond donors (Lipinski definition) is 0. The summed E-state index contributed by atoms with van der Waals surface area (Å²) in [6.45, 7) is 12.2. The number of hydrogen-bond acceptors (Lipinski definition) is 2. The van der Waals surface area contributed by atoms with Gasteiger partial charge in [0.25, 0.3) is 0 Å². The van der Waals surface area contributed by atoms with Gasteiger partial charge in [0.15, 0.2) is 49.6 Å². The molecule has 0 saturated heterocycles. The topological polar surface area (TPSA) is 40.2 Å². The maximum Gasteiger partial charge on any atom is 0.169 e. The van der Waals surface area contributed by atoms with Gasteiger partial charge in [0.05, 0.1) is 0 Å². The van der Waals surface area contributed by atoms with Crippen molar-refractivity contribution in [2.75, 3.05) is 0 Å². The fourth-order valence-corrected chi connectivity index (χ4v) is 3.97. The molecule has 4 heterocycles. The number of aryl methyl sites for hydroxylation is 4. The zero-order valence-corrected chi connectivity index (χ0v) is 21.7. The minimum atomic E-state index is 0.845. The summed E-state index contributed by atoms with van der Waals surface area (Å²) in [6.07, 6.45) is 16.7.